The molecule has 0 unspecified atom stereocenters. The summed E-state index contributed by atoms with van der Waals surface area (Å²) >= 11 is 5.52. The molecular formula is C7H9Cl5FeN. The molecule has 0 fully saturated rings. The van der Waals surface area contributed by atoms with E-state index in [-0.39, 0.29) is 0 Å². The Morgan fingerprint density at radius 2 is 1.36 bits per heavy atom. The molecule has 0 radical (unpaired) electrons. The van der Waals surface area contributed by atoms with Crippen LogP contribution in [-0.2, 0) is 15.7 Å². The van der Waals surface area contributed by atoms with Crippen LogP contribution in [0.3, 0.4) is 0 Å². The molecule has 0 aliphatic carbocycles. The fourth-order valence-electron chi connectivity index (χ4n) is 0.681. The van der Waals surface area contributed by atoms with Crippen LogP contribution in [-0.4, -0.2) is 5.88 Å². The summed E-state index contributed by atoms with van der Waals surface area (Å²) in [5.74, 6) is 0.675. The summed E-state index contributed by atoms with van der Waals surface area (Å²) in [6.07, 6.45) is 4.00. The van der Waals surface area contributed by atoms with Crippen LogP contribution in [0.5, 0.6) is 0 Å². The maximum atomic E-state index is 5.52. The predicted molar refractivity (Wildman–Crippen MR) is 60.8 cm³/mol. The van der Waals surface area contributed by atoms with Gasteiger partial charge in [-0.1, -0.05) is 6.07 Å². The van der Waals surface area contributed by atoms with Crippen LogP contribution in [0, 0.1) is 0 Å². The Hall–Kier alpha value is 1.12. The van der Waals surface area contributed by atoms with Crippen molar-refractivity contribution in [3.63, 3.8) is 0 Å². The van der Waals surface area contributed by atoms with Crippen molar-refractivity contribution in [3.8, 4) is 0 Å². The number of rotatable bonds is 2. The molecule has 0 aliphatic rings. The van der Waals surface area contributed by atoms with Gasteiger partial charge in [0.15, 0.2) is 18.9 Å². The minimum atomic E-state index is -2.61. The average Bonchev–Trinajstić information content (AvgIpc) is 2.03. The average molecular weight is 340 g/mol. The topological polar surface area (TPSA) is 3.88 Å². The third-order valence-corrected chi connectivity index (χ3v) is 1.29. The van der Waals surface area contributed by atoms with Crippen LogP contribution < -0.4 is 4.57 Å². The van der Waals surface area contributed by atoms with E-state index >= 15 is 0 Å². The van der Waals surface area contributed by atoms with E-state index in [4.69, 9.17) is 52.0 Å². The Bertz CT molecular complexity index is 232. The molecule has 14 heavy (non-hydrogen) atoms. The van der Waals surface area contributed by atoms with Crippen molar-refractivity contribution in [2.75, 3.05) is 5.88 Å². The molecule has 0 bridgehead atoms. The van der Waals surface area contributed by atoms with Gasteiger partial charge in [0.05, 0.1) is 5.88 Å². The van der Waals surface area contributed by atoms with Crippen molar-refractivity contribution in [1.82, 2.24) is 0 Å². The maximum absolute atomic E-state index is 5.52. The number of aryl methyl sites for hydroxylation is 1. The van der Waals surface area contributed by atoms with Gasteiger partial charge in [-0.25, -0.2) is 4.57 Å². The predicted octanol–water partition coefficient (Wildman–Crippen LogP) is 3.97. The van der Waals surface area contributed by atoms with Gasteiger partial charge in [-0.2, -0.15) is 0 Å². The molecule has 0 saturated carbocycles. The first-order valence-electron chi connectivity index (χ1n) is 3.47. The summed E-state index contributed by atoms with van der Waals surface area (Å²) in [4.78, 5) is 0. The Kier molecular flexibility index (Phi) is 8.96. The van der Waals surface area contributed by atoms with Crippen molar-refractivity contribution in [1.29, 1.82) is 0 Å². The fourth-order valence-corrected chi connectivity index (χ4v) is 0.876. The molecule has 1 aromatic rings. The van der Waals surface area contributed by atoms with Crippen LogP contribution in [0.25, 0.3) is 0 Å². The Labute approximate surface area is 108 Å². The Morgan fingerprint density at radius 1 is 0.929 bits per heavy atom. The normalized spacial score (nSPS) is 11.5. The molecular weight excluding hydrogens is 331 g/mol. The number of pyridine rings is 1. The molecule has 1 nitrogen and oxygen atoms in total. The second-order valence-electron chi connectivity index (χ2n) is 2.11. The van der Waals surface area contributed by atoms with Crippen LogP contribution in [0.4, 0.5) is 0 Å². The molecule has 0 spiro atoms. The number of halogens is 5. The van der Waals surface area contributed by atoms with E-state index in [1.807, 2.05) is 35.2 Å². The first-order chi connectivity index (χ1) is 6.43. The zero-order chi connectivity index (χ0) is 11.0. The molecule has 0 atom stereocenters. The third-order valence-electron chi connectivity index (χ3n) is 1.12. The number of aromatic nitrogens is 1. The van der Waals surface area contributed by atoms with Crippen molar-refractivity contribution < 1.29 is 13.8 Å². The SMILES string of the molecule is ClCC[n+]1ccccc1.[Cl][Fe-]([Cl])([Cl])[Cl]. The van der Waals surface area contributed by atoms with Gasteiger partial charge in [-0.3, -0.25) is 0 Å². The van der Waals surface area contributed by atoms with Gasteiger partial charge in [-0.05, 0) is 0 Å². The third kappa shape index (κ3) is 13.1. The van der Waals surface area contributed by atoms with Crippen molar-refractivity contribution in [2.45, 2.75) is 6.54 Å². The first-order valence-corrected chi connectivity index (χ1v) is 10.1. The van der Waals surface area contributed by atoms with Gasteiger partial charge >= 0.3 is 49.6 Å². The van der Waals surface area contributed by atoms with Gasteiger partial charge in [0, 0.05) is 12.1 Å². The van der Waals surface area contributed by atoms with Crippen LogP contribution in [0.2, 0.25) is 0 Å². The van der Waals surface area contributed by atoms with E-state index in [0.29, 0.717) is 5.88 Å². The standard InChI is InChI=1S/C7H9ClN.4ClH.Fe/c8-4-7-9-5-2-1-3-6-9;;;;;/h1-3,5-6H,4,7H2;4*1H;/q+1;;;;;+3/p-4. The fraction of sp³-hybridized carbons (Fsp3) is 0.286. The van der Waals surface area contributed by atoms with E-state index in [0.717, 1.165) is 6.54 Å². The minimum absolute atomic E-state index is 0.675. The number of hydrogen-bond donors (Lipinski definition) is 0. The van der Waals surface area contributed by atoms with E-state index in [9.17, 15) is 0 Å². The summed E-state index contributed by atoms with van der Waals surface area (Å²) in [5.41, 5.74) is 0. The van der Waals surface area contributed by atoms with Gasteiger partial charge in [0.25, 0.3) is 0 Å². The van der Waals surface area contributed by atoms with E-state index in [1.54, 1.807) is 0 Å². The number of hydrogen-bond acceptors (Lipinski definition) is 0. The quantitative estimate of drug-likeness (QED) is 0.436. The second-order valence-corrected chi connectivity index (χ2v) is 13.4. The molecule has 85 valence electrons. The first kappa shape index (κ1) is 15.1. The van der Waals surface area contributed by atoms with Gasteiger partial charge in [-0.15, -0.1) is 11.6 Å². The zero-order valence-electron chi connectivity index (χ0n) is 6.99. The number of nitrogens with zero attached hydrogens (tertiary/aromatic N) is 1. The van der Waals surface area contributed by atoms with E-state index in [2.05, 4.69) is 0 Å². The van der Waals surface area contributed by atoms with Gasteiger partial charge < -0.3 is 0 Å². The molecule has 0 saturated heterocycles. The van der Waals surface area contributed by atoms with Crippen LogP contribution in [0.15, 0.2) is 30.6 Å². The van der Waals surface area contributed by atoms with Gasteiger partial charge in [0.1, 0.15) is 0 Å². The second kappa shape index (κ2) is 8.29. The van der Waals surface area contributed by atoms with E-state index in [1.165, 1.54) is 0 Å². The monoisotopic (exact) mass is 338 g/mol. The molecule has 7 heteroatoms. The molecule has 0 aromatic carbocycles. The summed E-state index contributed by atoms with van der Waals surface area (Å²) in [7, 11) is 17.2. The van der Waals surface area contributed by atoms with Gasteiger partial charge in [0.2, 0.25) is 0 Å². The molecule has 1 heterocycles. The summed E-state index contributed by atoms with van der Waals surface area (Å²) in [6, 6.07) is 5.98. The molecule has 0 aliphatic heterocycles. The van der Waals surface area contributed by atoms with Crippen LogP contribution in [0.1, 0.15) is 0 Å². The van der Waals surface area contributed by atoms with Crippen LogP contribution >= 0.6 is 52.0 Å². The van der Waals surface area contributed by atoms with Crippen molar-refractivity contribution >= 4 is 52.0 Å². The molecule has 1 aromatic heterocycles. The molecule has 1 rings (SSSR count). The van der Waals surface area contributed by atoms with Crippen molar-refractivity contribution in [2.24, 2.45) is 0 Å². The summed E-state index contributed by atoms with van der Waals surface area (Å²) in [5, 5.41) is 0. The van der Waals surface area contributed by atoms with E-state index < -0.39 is 9.20 Å². The Morgan fingerprint density at radius 3 is 1.71 bits per heavy atom. The summed E-state index contributed by atoms with van der Waals surface area (Å²) < 4.78 is 2.05. The molecule has 0 N–H and O–H groups in total. The molecule has 0 amide bonds. The Balaban J connectivity index is 0.000000292. The zero-order valence-corrected chi connectivity index (χ0v) is 11.9. The number of alkyl halides is 1. The summed E-state index contributed by atoms with van der Waals surface area (Å²) in [6.45, 7) is 0.891. The van der Waals surface area contributed by atoms with Crippen molar-refractivity contribution in [3.05, 3.63) is 30.6 Å².